The van der Waals surface area contributed by atoms with Gasteiger partial charge in [-0.3, -0.25) is 4.79 Å². The standard InChI is InChI=1S/C15H19NO3/c1-10(2)8-11(3)14(17)16-9-12-4-6-13(7-5-12)15(18)19/h4-7,11H,1,8-9H2,2-3H3,(H,16,17)(H,18,19). The van der Waals surface area contributed by atoms with Gasteiger partial charge in [-0.2, -0.15) is 0 Å². The van der Waals surface area contributed by atoms with Crippen LogP contribution in [0.1, 0.15) is 36.2 Å². The summed E-state index contributed by atoms with van der Waals surface area (Å²) < 4.78 is 0. The molecule has 0 fully saturated rings. The number of aromatic carboxylic acids is 1. The normalized spacial score (nSPS) is 11.7. The van der Waals surface area contributed by atoms with Crippen molar-refractivity contribution in [3.05, 3.63) is 47.5 Å². The maximum absolute atomic E-state index is 11.8. The Morgan fingerprint density at radius 2 is 1.89 bits per heavy atom. The Bertz CT molecular complexity index is 477. The van der Waals surface area contributed by atoms with Crippen LogP contribution in [0.4, 0.5) is 0 Å². The second-order valence-electron chi connectivity index (χ2n) is 4.78. The maximum Gasteiger partial charge on any atom is 0.335 e. The predicted octanol–water partition coefficient (Wildman–Crippen LogP) is 2.60. The first-order chi connectivity index (χ1) is 8.90. The van der Waals surface area contributed by atoms with E-state index in [0.717, 1.165) is 11.1 Å². The molecule has 102 valence electrons. The number of carboxylic acids is 1. The number of allylic oxidation sites excluding steroid dienone is 1. The van der Waals surface area contributed by atoms with Gasteiger partial charge in [0.15, 0.2) is 0 Å². The van der Waals surface area contributed by atoms with E-state index in [1.807, 2.05) is 13.8 Å². The van der Waals surface area contributed by atoms with Crippen LogP contribution in [0.5, 0.6) is 0 Å². The third kappa shape index (κ3) is 4.95. The molecule has 0 radical (unpaired) electrons. The van der Waals surface area contributed by atoms with E-state index < -0.39 is 5.97 Å². The minimum atomic E-state index is -0.953. The molecule has 1 atom stereocenters. The Hall–Kier alpha value is -2.10. The third-order valence-corrected chi connectivity index (χ3v) is 2.77. The van der Waals surface area contributed by atoms with Crippen molar-refractivity contribution in [1.29, 1.82) is 0 Å². The molecule has 0 spiro atoms. The van der Waals surface area contributed by atoms with Crippen molar-refractivity contribution < 1.29 is 14.7 Å². The molecule has 0 saturated carbocycles. The summed E-state index contributed by atoms with van der Waals surface area (Å²) in [6.45, 7) is 7.94. The Morgan fingerprint density at radius 1 is 1.32 bits per heavy atom. The van der Waals surface area contributed by atoms with E-state index in [9.17, 15) is 9.59 Å². The highest BCUT2D eigenvalue weighted by atomic mass is 16.4. The Kier molecular flexibility index (Phi) is 5.30. The van der Waals surface area contributed by atoms with Crippen LogP contribution in [-0.4, -0.2) is 17.0 Å². The molecule has 19 heavy (non-hydrogen) atoms. The van der Waals surface area contributed by atoms with Crippen molar-refractivity contribution in [3.8, 4) is 0 Å². The summed E-state index contributed by atoms with van der Waals surface area (Å²) in [4.78, 5) is 22.5. The highest BCUT2D eigenvalue weighted by molar-refractivity contribution is 5.87. The number of carboxylic acid groups (broad SMARTS) is 1. The summed E-state index contributed by atoms with van der Waals surface area (Å²) in [6.07, 6.45) is 0.670. The van der Waals surface area contributed by atoms with Crippen LogP contribution in [0.25, 0.3) is 0 Å². The molecule has 1 rings (SSSR count). The minimum Gasteiger partial charge on any atom is -0.478 e. The van der Waals surface area contributed by atoms with Gasteiger partial charge in [0, 0.05) is 12.5 Å². The molecule has 0 aromatic heterocycles. The van der Waals surface area contributed by atoms with E-state index in [0.29, 0.717) is 13.0 Å². The molecule has 0 heterocycles. The summed E-state index contributed by atoms with van der Waals surface area (Å²) >= 11 is 0. The molecule has 0 bridgehead atoms. The van der Waals surface area contributed by atoms with Gasteiger partial charge in [-0.25, -0.2) is 4.79 Å². The summed E-state index contributed by atoms with van der Waals surface area (Å²) in [5.41, 5.74) is 2.10. The van der Waals surface area contributed by atoms with Crippen molar-refractivity contribution >= 4 is 11.9 Å². The smallest absolute Gasteiger partial charge is 0.335 e. The SMILES string of the molecule is C=C(C)CC(C)C(=O)NCc1ccc(C(=O)O)cc1. The van der Waals surface area contributed by atoms with Gasteiger partial charge in [0.2, 0.25) is 5.91 Å². The topological polar surface area (TPSA) is 66.4 Å². The van der Waals surface area contributed by atoms with Gasteiger partial charge >= 0.3 is 5.97 Å². The van der Waals surface area contributed by atoms with Gasteiger partial charge in [-0.15, -0.1) is 6.58 Å². The Balaban J connectivity index is 2.50. The Labute approximate surface area is 113 Å². The van der Waals surface area contributed by atoms with E-state index in [1.54, 1.807) is 12.1 Å². The summed E-state index contributed by atoms with van der Waals surface area (Å²) in [7, 11) is 0. The summed E-state index contributed by atoms with van der Waals surface area (Å²) in [5, 5.41) is 11.6. The van der Waals surface area contributed by atoms with Crippen LogP contribution < -0.4 is 5.32 Å². The second kappa shape index (κ2) is 6.73. The fourth-order valence-electron chi connectivity index (χ4n) is 1.74. The molecule has 1 aromatic rings. The zero-order chi connectivity index (χ0) is 14.4. The molecule has 2 N–H and O–H groups in total. The minimum absolute atomic E-state index is 0.0229. The van der Waals surface area contributed by atoms with Crippen molar-refractivity contribution in [2.75, 3.05) is 0 Å². The molecule has 0 aliphatic heterocycles. The second-order valence-corrected chi connectivity index (χ2v) is 4.78. The summed E-state index contributed by atoms with van der Waals surface area (Å²) in [6, 6.07) is 6.46. The molecule has 4 heteroatoms. The fourth-order valence-corrected chi connectivity index (χ4v) is 1.74. The molecular weight excluding hydrogens is 242 g/mol. The number of nitrogens with one attached hydrogen (secondary N) is 1. The van der Waals surface area contributed by atoms with Crippen molar-refractivity contribution in [3.63, 3.8) is 0 Å². The zero-order valence-electron chi connectivity index (χ0n) is 11.3. The van der Waals surface area contributed by atoms with Crippen LogP contribution in [0.2, 0.25) is 0 Å². The van der Waals surface area contributed by atoms with Crippen LogP contribution in [0.15, 0.2) is 36.4 Å². The third-order valence-electron chi connectivity index (χ3n) is 2.77. The number of benzene rings is 1. The van der Waals surface area contributed by atoms with Gasteiger partial charge < -0.3 is 10.4 Å². The number of rotatable bonds is 6. The number of hydrogen-bond acceptors (Lipinski definition) is 2. The Morgan fingerprint density at radius 3 is 2.37 bits per heavy atom. The average Bonchev–Trinajstić information content (AvgIpc) is 2.35. The predicted molar refractivity (Wildman–Crippen MR) is 73.8 cm³/mol. The van der Waals surface area contributed by atoms with Gasteiger partial charge in [0.25, 0.3) is 0 Å². The van der Waals surface area contributed by atoms with Crippen molar-refractivity contribution in [2.24, 2.45) is 5.92 Å². The number of hydrogen-bond donors (Lipinski definition) is 2. The number of carbonyl (C=O) groups is 2. The largest absolute Gasteiger partial charge is 0.478 e. The molecule has 0 aliphatic carbocycles. The van der Waals surface area contributed by atoms with E-state index in [4.69, 9.17) is 5.11 Å². The summed E-state index contributed by atoms with van der Waals surface area (Å²) in [5.74, 6) is -1.08. The van der Waals surface area contributed by atoms with Gasteiger partial charge in [-0.1, -0.05) is 24.6 Å². The van der Waals surface area contributed by atoms with E-state index >= 15 is 0 Å². The molecule has 0 aliphatic rings. The van der Waals surface area contributed by atoms with Crippen LogP contribution in [0.3, 0.4) is 0 Å². The monoisotopic (exact) mass is 261 g/mol. The first-order valence-electron chi connectivity index (χ1n) is 6.14. The number of carbonyl (C=O) groups excluding carboxylic acids is 1. The molecule has 4 nitrogen and oxygen atoms in total. The highest BCUT2D eigenvalue weighted by Crippen LogP contribution is 2.09. The molecule has 1 aromatic carbocycles. The van der Waals surface area contributed by atoms with Crippen LogP contribution in [-0.2, 0) is 11.3 Å². The zero-order valence-corrected chi connectivity index (χ0v) is 11.3. The van der Waals surface area contributed by atoms with Crippen LogP contribution in [0, 0.1) is 5.92 Å². The van der Waals surface area contributed by atoms with E-state index in [1.165, 1.54) is 12.1 Å². The molecular formula is C15H19NO3. The molecule has 1 unspecified atom stereocenters. The lowest BCUT2D eigenvalue weighted by atomic mass is 10.0. The lowest BCUT2D eigenvalue weighted by Gasteiger charge is -2.12. The maximum atomic E-state index is 11.8. The van der Waals surface area contributed by atoms with Gasteiger partial charge in [-0.05, 0) is 31.0 Å². The van der Waals surface area contributed by atoms with Crippen LogP contribution >= 0.6 is 0 Å². The fraction of sp³-hybridized carbons (Fsp3) is 0.333. The number of amides is 1. The first-order valence-corrected chi connectivity index (χ1v) is 6.14. The van der Waals surface area contributed by atoms with Gasteiger partial charge in [0.05, 0.1) is 5.56 Å². The van der Waals surface area contributed by atoms with E-state index in [2.05, 4.69) is 11.9 Å². The highest BCUT2D eigenvalue weighted by Gasteiger charge is 2.12. The van der Waals surface area contributed by atoms with Crippen molar-refractivity contribution in [1.82, 2.24) is 5.32 Å². The van der Waals surface area contributed by atoms with E-state index in [-0.39, 0.29) is 17.4 Å². The van der Waals surface area contributed by atoms with Crippen molar-refractivity contribution in [2.45, 2.75) is 26.8 Å². The average molecular weight is 261 g/mol. The lowest BCUT2D eigenvalue weighted by Crippen LogP contribution is -2.28. The molecule has 1 amide bonds. The van der Waals surface area contributed by atoms with Gasteiger partial charge in [0.1, 0.15) is 0 Å². The quantitative estimate of drug-likeness (QED) is 0.773. The molecule has 0 saturated heterocycles. The lowest BCUT2D eigenvalue weighted by molar-refractivity contribution is -0.124. The first kappa shape index (κ1) is 15.0.